The zero-order valence-electron chi connectivity index (χ0n) is 5.79. The molecule has 0 saturated carbocycles. The van der Waals surface area contributed by atoms with E-state index in [2.05, 4.69) is 12.1 Å². The van der Waals surface area contributed by atoms with Crippen molar-refractivity contribution in [2.24, 2.45) is 0 Å². The van der Waals surface area contributed by atoms with Gasteiger partial charge < -0.3 is 0 Å². The van der Waals surface area contributed by atoms with Gasteiger partial charge in [0.2, 0.25) is 0 Å². The van der Waals surface area contributed by atoms with Crippen LogP contribution in [0.1, 0.15) is 1.37 Å². The Morgan fingerprint density at radius 2 is 2.11 bits per heavy atom. The van der Waals surface area contributed by atoms with E-state index in [1.165, 1.54) is 9.65 Å². The number of rotatable bonds is 0. The maximum atomic E-state index is 7.41. The van der Waals surface area contributed by atoms with Gasteiger partial charge >= 0.3 is 60.8 Å². The molecule has 0 nitrogen and oxygen atoms in total. The van der Waals surface area contributed by atoms with Crippen LogP contribution in [0.15, 0.2) is 35.2 Å². The molecule has 0 unspecified atom stereocenters. The molecule has 1 aromatic carbocycles. The molecule has 0 aliphatic heterocycles. The zero-order chi connectivity index (χ0) is 6.97. The van der Waals surface area contributed by atoms with Crippen LogP contribution >= 0.6 is 0 Å². The Morgan fingerprint density at radius 1 is 1.22 bits per heavy atom. The normalized spacial score (nSPS) is 11.8. The van der Waals surface area contributed by atoms with Gasteiger partial charge in [-0.05, 0) is 0 Å². The molecule has 0 bridgehead atoms. The van der Waals surface area contributed by atoms with Crippen LogP contribution in [-0.2, 0) is 0 Å². The fourth-order valence-corrected chi connectivity index (χ4v) is 2.33. The van der Waals surface area contributed by atoms with E-state index in [1.54, 1.807) is 0 Å². The summed E-state index contributed by atoms with van der Waals surface area (Å²) < 4.78 is 8.75. The molecule has 1 aromatic heterocycles. The quantitative estimate of drug-likeness (QED) is 0.546. The molecule has 2 rings (SSSR count). The molecule has 0 aliphatic carbocycles. The van der Waals surface area contributed by atoms with Gasteiger partial charge in [0.25, 0.3) is 0 Å². The van der Waals surface area contributed by atoms with Gasteiger partial charge in [0.15, 0.2) is 0 Å². The summed E-state index contributed by atoms with van der Waals surface area (Å²) in [5.74, 6) is 0. The number of benzene rings is 1. The van der Waals surface area contributed by atoms with Gasteiger partial charge in [-0.3, -0.25) is 0 Å². The fraction of sp³-hybridized carbons (Fsp3) is 0. The van der Waals surface area contributed by atoms with Crippen molar-refractivity contribution in [1.82, 2.24) is 0 Å². The summed E-state index contributed by atoms with van der Waals surface area (Å²) >= 11 is 0.288. The van der Waals surface area contributed by atoms with Crippen molar-refractivity contribution in [3.63, 3.8) is 0 Å². The summed E-state index contributed by atoms with van der Waals surface area (Å²) in [6.45, 7) is 0. The Hall–Kier alpha value is -0.521. The summed E-state index contributed by atoms with van der Waals surface area (Å²) in [4.78, 5) is 0.786. The van der Waals surface area contributed by atoms with Crippen LogP contribution in [0.4, 0.5) is 0 Å². The predicted octanol–water partition coefficient (Wildman–Crippen LogP) is 1.90. The van der Waals surface area contributed by atoms with Crippen molar-refractivity contribution in [1.29, 1.82) is 0 Å². The van der Waals surface area contributed by atoms with Crippen LogP contribution in [0.5, 0.6) is 0 Å². The van der Waals surface area contributed by atoms with Gasteiger partial charge in [-0.25, -0.2) is 0 Å². The van der Waals surface area contributed by atoms with Crippen molar-refractivity contribution >= 4 is 24.1 Å². The average molecular weight is 182 g/mol. The molecule has 0 fully saturated rings. The first-order valence-electron chi connectivity index (χ1n) is 3.31. The van der Waals surface area contributed by atoms with E-state index in [0.717, 1.165) is 4.92 Å². The predicted molar refractivity (Wildman–Crippen MR) is 40.9 cm³/mol. The molecule has 44 valence electrons. The van der Waals surface area contributed by atoms with Crippen molar-refractivity contribution in [3.8, 4) is 0 Å². The van der Waals surface area contributed by atoms with Crippen molar-refractivity contribution in [2.75, 3.05) is 0 Å². The Kier molecular flexibility index (Phi) is 0.968. The molecule has 9 heavy (non-hydrogen) atoms. The van der Waals surface area contributed by atoms with Crippen molar-refractivity contribution in [2.45, 2.75) is 0 Å². The first-order valence-corrected chi connectivity index (χ1v) is 4.53. The van der Waals surface area contributed by atoms with E-state index < -0.39 is 0 Å². The molecule has 0 atom stereocenters. The van der Waals surface area contributed by atoms with E-state index in [9.17, 15) is 0 Å². The first kappa shape index (κ1) is 4.32. The van der Waals surface area contributed by atoms with Crippen LogP contribution in [0, 0.1) is 0 Å². The molecule has 0 spiro atoms. The molecule has 0 radical (unpaired) electrons. The molecule has 1 heterocycles. The number of fused-ring (bicyclic) bond motifs is 1. The van der Waals surface area contributed by atoms with E-state index >= 15 is 0 Å². The second-order valence-electron chi connectivity index (χ2n) is 1.90. The molecule has 0 N–H and O–H groups in total. The van der Waals surface area contributed by atoms with Gasteiger partial charge in [-0.2, -0.15) is 0 Å². The average Bonchev–Trinajstić information content (AvgIpc) is 2.27. The fourth-order valence-electron chi connectivity index (χ4n) is 0.849. The summed E-state index contributed by atoms with van der Waals surface area (Å²) in [6.07, 6.45) is 0. The van der Waals surface area contributed by atoms with E-state index in [0.29, 0.717) is 0 Å². The first-order chi connectivity index (χ1) is 4.86. The topological polar surface area (TPSA) is 0 Å². The van der Waals surface area contributed by atoms with Gasteiger partial charge in [0.1, 0.15) is 0 Å². The van der Waals surface area contributed by atoms with Gasteiger partial charge in [0, 0.05) is 0 Å². The summed E-state index contributed by atoms with van der Waals surface area (Å²) in [6, 6.07) is 10.2. The van der Waals surface area contributed by atoms with Crippen LogP contribution in [-0.4, -0.2) is 14.5 Å². The molecular formula is C8H6Se. The molecular weight excluding hydrogens is 175 g/mol. The third-order valence-electron chi connectivity index (χ3n) is 1.30. The Labute approximate surface area is 61.3 Å². The standard InChI is InChI=1S/C8H6Se/c1-2-4-8-7(3-1)5-6-9-8/h1-6H/i6D. The minimum atomic E-state index is 0.288. The second-order valence-corrected chi connectivity index (χ2v) is 3.75. The zero-order valence-corrected chi connectivity index (χ0v) is 6.51. The van der Waals surface area contributed by atoms with Gasteiger partial charge in [-0.15, -0.1) is 0 Å². The van der Waals surface area contributed by atoms with E-state index in [1.807, 2.05) is 18.2 Å². The molecule has 1 heteroatoms. The Morgan fingerprint density at radius 3 is 3.00 bits per heavy atom. The third-order valence-corrected chi connectivity index (χ3v) is 3.04. The Balaban J connectivity index is 2.88. The van der Waals surface area contributed by atoms with Crippen LogP contribution in [0.25, 0.3) is 9.65 Å². The summed E-state index contributed by atoms with van der Waals surface area (Å²) in [5.41, 5.74) is 0. The van der Waals surface area contributed by atoms with Crippen LogP contribution in [0.2, 0.25) is 0 Å². The van der Waals surface area contributed by atoms with Crippen molar-refractivity contribution < 1.29 is 1.37 Å². The second kappa shape index (κ2) is 2.02. The van der Waals surface area contributed by atoms with E-state index in [-0.39, 0.29) is 14.5 Å². The Bertz CT molecular complexity index is 318. The minimum absolute atomic E-state index is 0.288. The van der Waals surface area contributed by atoms with Crippen molar-refractivity contribution in [3.05, 3.63) is 35.2 Å². The molecule has 0 saturated heterocycles. The van der Waals surface area contributed by atoms with Crippen LogP contribution in [0.3, 0.4) is 0 Å². The third kappa shape index (κ3) is 0.827. The number of hydrogen-bond donors (Lipinski definition) is 0. The van der Waals surface area contributed by atoms with Gasteiger partial charge in [-0.1, -0.05) is 0 Å². The monoisotopic (exact) mass is 183 g/mol. The van der Waals surface area contributed by atoms with Gasteiger partial charge in [0.05, 0.1) is 0 Å². The van der Waals surface area contributed by atoms with Crippen LogP contribution < -0.4 is 0 Å². The summed E-state index contributed by atoms with van der Waals surface area (Å²) in [7, 11) is 0. The molecule has 0 amide bonds. The summed E-state index contributed by atoms with van der Waals surface area (Å²) in [5, 5.41) is 1.24. The number of hydrogen-bond acceptors (Lipinski definition) is 0. The SMILES string of the molecule is [2H]c1cc2ccccc2[se]1. The molecule has 0 aliphatic rings. The molecule has 2 aromatic rings. The van der Waals surface area contributed by atoms with E-state index in [4.69, 9.17) is 1.37 Å². The maximum absolute atomic E-state index is 7.41.